The van der Waals surface area contributed by atoms with Crippen LogP contribution in [0.5, 0.6) is 0 Å². The van der Waals surface area contributed by atoms with Crippen LogP contribution in [0.3, 0.4) is 0 Å². The molecule has 0 atom stereocenters. The number of hydrogen-bond acceptors (Lipinski definition) is 1. The predicted octanol–water partition coefficient (Wildman–Crippen LogP) is 0.894. The van der Waals surface area contributed by atoms with Crippen LogP contribution in [0.4, 0.5) is 5.69 Å². The first kappa shape index (κ1) is 8.10. The Labute approximate surface area is 77.4 Å². The molecule has 1 radical (unpaired) electrons. The van der Waals surface area contributed by atoms with Crippen molar-refractivity contribution < 1.29 is 4.79 Å². The van der Waals surface area contributed by atoms with E-state index in [0.717, 1.165) is 11.3 Å². The van der Waals surface area contributed by atoms with Gasteiger partial charge in [-0.1, -0.05) is 18.2 Å². The van der Waals surface area contributed by atoms with Gasteiger partial charge in [0.2, 0.25) is 5.91 Å². The first-order valence-electron chi connectivity index (χ1n) is 4.27. The molecule has 1 heterocycles. The third-order valence-electron chi connectivity index (χ3n) is 2.21. The molecule has 0 unspecified atom stereocenters. The zero-order valence-corrected chi connectivity index (χ0v) is 7.53. The van der Waals surface area contributed by atoms with Gasteiger partial charge in [0.05, 0.1) is 12.1 Å². The third-order valence-corrected chi connectivity index (χ3v) is 2.21. The molecule has 13 heavy (non-hydrogen) atoms. The van der Waals surface area contributed by atoms with Gasteiger partial charge in [0, 0.05) is 7.05 Å². The molecule has 1 aromatic carbocycles. The summed E-state index contributed by atoms with van der Waals surface area (Å²) in [6.07, 6.45) is 0.468. The first-order valence-corrected chi connectivity index (χ1v) is 4.27. The summed E-state index contributed by atoms with van der Waals surface area (Å²) >= 11 is 0. The van der Waals surface area contributed by atoms with Crippen molar-refractivity contribution in [2.45, 2.75) is 6.42 Å². The van der Waals surface area contributed by atoms with Crippen LogP contribution in [-0.2, 0) is 11.2 Å². The Bertz CT molecular complexity index is 335. The minimum atomic E-state index is 0.133. The number of amides is 1. The number of hydrogen-bond donors (Lipinski definition) is 0. The topological polar surface area (TPSA) is 34.4 Å². The van der Waals surface area contributed by atoms with Crippen molar-refractivity contribution in [3.8, 4) is 0 Å². The summed E-state index contributed by atoms with van der Waals surface area (Å²) < 4.78 is 0. The van der Waals surface area contributed by atoms with Gasteiger partial charge in [-0.25, -0.2) is 0 Å². The molecule has 1 aromatic rings. The van der Waals surface area contributed by atoms with Crippen LogP contribution in [0.1, 0.15) is 5.56 Å². The van der Waals surface area contributed by atoms with Crippen molar-refractivity contribution in [2.75, 3.05) is 13.7 Å². The quantitative estimate of drug-likeness (QED) is 0.576. The van der Waals surface area contributed by atoms with Crippen molar-refractivity contribution in [3.05, 3.63) is 29.8 Å². The van der Waals surface area contributed by atoms with Gasteiger partial charge in [0.1, 0.15) is 6.67 Å². The Morgan fingerprint density at radius 2 is 2.15 bits per heavy atom. The molecule has 0 spiro atoms. The van der Waals surface area contributed by atoms with Gasteiger partial charge in [-0.3, -0.25) is 10.1 Å². The standard InChI is InChI=1S/C10H11N2O/c1-12-7-11-9-5-3-2-4-8(9)6-10(12)13/h2-5H,6-7H2,1H3. The monoisotopic (exact) mass is 175 g/mol. The molecule has 3 heteroatoms. The molecule has 1 amide bonds. The Kier molecular flexibility index (Phi) is 1.93. The van der Waals surface area contributed by atoms with E-state index < -0.39 is 0 Å². The van der Waals surface area contributed by atoms with Crippen LogP contribution in [-0.4, -0.2) is 24.5 Å². The van der Waals surface area contributed by atoms with E-state index in [1.165, 1.54) is 0 Å². The zero-order chi connectivity index (χ0) is 9.26. The number of rotatable bonds is 0. The largest absolute Gasteiger partial charge is 0.326 e. The predicted molar refractivity (Wildman–Crippen MR) is 49.6 cm³/mol. The van der Waals surface area contributed by atoms with Crippen LogP contribution in [0.2, 0.25) is 0 Å². The van der Waals surface area contributed by atoms with E-state index in [-0.39, 0.29) is 5.91 Å². The Hall–Kier alpha value is -1.51. The second kappa shape index (κ2) is 3.09. The summed E-state index contributed by atoms with van der Waals surface area (Å²) in [4.78, 5) is 13.1. The number of nitrogens with zero attached hydrogens (tertiary/aromatic N) is 2. The zero-order valence-electron chi connectivity index (χ0n) is 7.53. The van der Waals surface area contributed by atoms with E-state index in [4.69, 9.17) is 0 Å². The summed E-state index contributed by atoms with van der Waals surface area (Å²) in [7, 11) is 1.78. The van der Waals surface area contributed by atoms with Crippen LogP contribution in [0.25, 0.3) is 0 Å². The maximum Gasteiger partial charge on any atom is 0.228 e. The van der Waals surface area contributed by atoms with Crippen molar-refractivity contribution in [3.63, 3.8) is 0 Å². The molecule has 2 rings (SSSR count). The lowest BCUT2D eigenvalue weighted by Crippen LogP contribution is -2.29. The first-order chi connectivity index (χ1) is 6.27. The van der Waals surface area contributed by atoms with E-state index in [0.29, 0.717) is 13.1 Å². The lowest BCUT2D eigenvalue weighted by atomic mass is 10.1. The van der Waals surface area contributed by atoms with Crippen molar-refractivity contribution >= 4 is 11.6 Å². The van der Waals surface area contributed by atoms with Gasteiger partial charge in [0.15, 0.2) is 0 Å². The van der Waals surface area contributed by atoms with Gasteiger partial charge in [-0.2, -0.15) is 0 Å². The Morgan fingerprint density at radius 3 is 3.00 bits per heavy atom. The number of benzene rings is 1. The highest BCUT2D eigenvalue weighted by molar-refractivity contribution is 5.80. The number of carbonyl (C=O) groups excluding carboxylic acids is 1. The van der Waals surface area contributed by atoms with E-state index >= 15 is 0 Å². The van der Waals surface area contributed by atoms with Gasteiger partial charge >= 0.3 is 0 Å². The molecular weight excluding hydrogens is 164 g/mol. The van der Waals surface area contributed by atoms with Gasteiger partial charge in [-0.15, -0.1) is 0 Å². The average Bonchev–Trinajstić information content (AvgIpc) is 2.28. The SMILES string of the molecule is CN1C[N]c2ccccc2CC1=O. The molecule has 67 valence electrons. The molecule has 0 N–H and O–H groups in total. The number of fused-ring (bicyclic) bond motifs is 1. The van der Waals surface area contributed by atoms with E-state index in [2.05, 4.69) is 5.32 Å². The van der Waals surface area contributed by atoms with Crippen LogP contribution < -0.4 is 5.32 Å². The molecule has 1 aliphatic heterocycles. The highest BCUT2D eigenvalue weighted by Gasteiger charge is 2.16. The van der Waals surface area contributed by atoms with Crippen molar-refractivity contribution in [1.82, 2.24) is 10.2 Å². The molecular formula is C10H11N2O. The molecule has 1 aliphatic rings. The maximum absolute atomic E-state index is 11.4. The normalized spacial score (nSPS) is 16.1. The molecule has 0 aromatic heterocycles. The minimum Gasteiger partial charge on any atom is -0.326 e. The smallest absolute Gasteiger partial charge is 0.228 e. The van der Waals surface area contributed by atoms with Crippen LogP contribution >= 0.6 is 0 Å². The average molecular weight is 175 g/mol. The molecule has 0 saturated heterocycles. The third kappa shape index (κ3) is 1.49. The lowest BCUT2D eigenvalue weighted by Gasteiger charge is -2.11. The molecule has 0 bridgehead atoms. The lowest BCUT2D eigenvalue weighted by molar-refractivity contribution is -0.129. The van der Waals surface area contributed by atoms with E-state index in [1.54, 1.807) is 11.9 Å². The number of carbonyl (C=O) groups is 1. The highest BCUT2D eigenvalue weighted by atomic mass is 16.2. The van der Waals surface area contributed by atoms with Gasteiger partial charge in [0.25, 0.3) is 0 Å². The second-order valence-electron chi connectivity index (χ2n) is 3.20. The van der Waals surface area contributed by atoms with Crippen molar-refractivity contribution in [2.24, 2.45) is 0 Å². The molecule has 0 saturated carbocycles. The number of likely N-dealkylation sites (N-methyl/N-ethyl adjacent to an activating group) is 1. The second-order valence-corrected chi connectivity index (χ2v) is 3.20. The van der Waals surface area contributed by atoms with Crippen LogP contribution in [0.15, 0.2) is 24.3 Å². The summed E-state index contributed by atoms with van der Waals surface area (Å²) in [5.41, 5.74) is 1.97. The summed E-state index contributed by atoms with van der Waals surface area (Å²) in [5, 5.41) is 4.32. The summed E-state index contributed by atoms with van der Waals surface area (Å²) in [5.74, 6) is 0.133. The molecule has 3 nitrogen and oxygen atoms in total. The fraction of sp³-hybridized carbons (Fsp3) is 0.300. The van der Waals surface area contributed by atoms with Gasteiger partial charge in [-0.05, 0) is 11.6 Å². The highest BCUT2D eigenvalue weighted by Crippen LogP contribution is 2.18. The van der Waals surface area contributed by atoms with Gasteiger partial charge < -0.3 is 4.90 Å². The fourth-order valence-electron chi connectivity index (χ4n) is 1.37. The van der Waals surface area contributed by atoms with E-state index in [9.17, 15) is 4.79 Å². The number of para-hydroxylation sites is 1. The molecule has 0 fully saturated rings. The van der Waals surface area contributed by atoms with E-state index in [1.807, 2.05) is 24.3 Å². The minimum absolute atomic E-state index is 0.133. The van der Waals surface area contributed by atoms with Crippen LogP contribution in [0, 0.1) is 0 Å². The van der Waals surface area contributed by atoms with Crippen molar-refractivity contribution in [1.29, 1.82) is 0 Å². The summed E-state index contributed by atoms with van der Waals surface area (Å²) in [6, 6.07) is 7.78. The Balaban J connectivity index is 2.35. The Morgan fingerprint density at radius 1 is 1.38 bits per heavy atom. The molecule has 0 aliphatic carbocycles. The fourth-order valence-corrected chi connectivity index (χ4v) is 1.37. The summed E-state index contributed by atoms with van der Waals surface area (Å²) in [6.45, 7) is 0.468. The maximum atomic E-state index is 11.4.